The Morgan fingerprint density at radius 2 is 2.30 bits per heavy atom. The second-order valence-corrected chi connectivity index (χ2v) is 6.62. The van der Waals surface area contributed by atoms with Crippen molar-refractivity contribution in [3.8, 4) is 0 Å². The first kappa shape index (κ1) is 17.5. The van der Waals surface area contributed by atoms with Crippen LogP contribution >= 0.6 is 0 Å². The zero-order valence-corrected chi connectivity index (χ0v) is 15.6. The van der Waals surface area contributed by atoms with Crippen molar-refractivity contribution in [2.45, 2.75) is 38.6 Å². The van der Waals surface area contributed by atoms with E-state index in [9.17, 15) is 0 Å². The summed E-state index contributed by atoms with van der Waals surface area (Å²) in [6, 6.07) is 10.3. The average molecular weight is 368 g/mol. The van der Waals surface area contributed by atoms with E-state index in [1.54, 1.807) is 14.2 Å². The number of nitrogens with zero attached hydrogens (tertiary/aromatic N) is 4. The van der Waals surface area contributed by atoms with Gasteiger partial charge in [0.05, 0.1) is 13.1 Å². The molecule has 2 N–H and O–H groups in total. The number of para-hydroxylation sites is 1. The Hall–Kier alpha value is -2.87. The SMILES string of the molecule is CN=C(NCc1cc2ccccc2o1)NC1CCc2nc(COC)nn2C1. The van der Waals surface area contributed by atoms with E-state index >= 15 is 0 Å². The lowest BCUT2D eigenvalue weighted by atomic mass is 10.1. The van der Waals surface area contributed by atoms with Gasteiger partial charge < -0.3 is 19.8 Å². The summed E-state index contributed by atoms with van der Waals surface area (Å²) in [7, 11) is 3.43. The third-order valence-electron chi connectivity index (χ3n) is 4.65. The highest BCUT2D eigenvalue weighted by Gasteiger charge is 2.22. The van der Waals surface area contributed by atoms with Crippen LogP contribution in [0.3, 0.4) is 0 Å². The molecule has 0 bridgehead atoms. The maximum Gasteiger partial charge on any atom is 0.191 e. The van der Waals surface area contributed by atoms with Crippen LogP contribution in [0.1, 0.15) is 23.8 Å². The van der Waals surface area contributed by atoms with Crippen LogP contribution in [0, 0.1) is 0 Å². The maximum absolute atomic E-state index is 5.85. The van der Waals surface area contributed by atoms with Crippen LogP contribution in [0.2, 0.25) is 0 Å². The summed E-state index contributed by atoms with van der Waals surface area (Å²) in [5.41, 5.74) is 0.898. The van der Waals surface area contributed by atoms with Crippen LogP contribution < -0.4 is 10.6 Å². The molecular weight excluding hydrogens is 344 g/mol. The fourth-order valence-corrected chi connectivity index (χ4v) is 3.35. The highest BCUT2D eigenvalue weighted by atomic mass is 16.5. The van der Waals surface area contributed by atoms with E-state index in [-0.39, 0.29) is 6.04 Å². The summed E-state index contributed by atoms with van der Waals surface area (Å²) in [5.74, 6) is 3.39. The predicted molar refractivity (Wildman–Crippen MR) is 102 cm³/mol. The number of furan rings is 1. The van der Waals surface area contributed by atoms with Crippen LogP contribution in [0.15, 0.2) is 39.7 Å². The highest BCUT2D eigenvalue weighted by Crippen LogP contribution is 2.18. The molecule has 8 nitrogen and oxygen atoms in total. The summed E-state index contributed by atoms with van der Waals surface area (Å²) in [5, 5.41) is 12.4. The standard InChI is InChI=1S/C19H24N6O2/c1-20-19(21-10-15-9-13-5-3-4-6-16(13)27-15)22-14-7-8-18-23-17(12-26-2)24-25(18)11-14/h3-6,9,14H,7-8,10-12H2,1-2H3,(H2,20,21,22). The number of benzene rings is 1. The van der Waals surface area contributed by atoms with Crippen molar-refractivity contribution in [3.05, 3.63) is 47.7 Å². The molecule has 1 aliphatic rings. The Kier molecular flexibility index (Phi) is 5.06. The minimum Gasteiger partial charge on any atom is -0.459 e. The zero-order valence-electron chi connectivity index (χ0n) is 15.6. The van der Waals surface area contributed by atoms with Gasteiger partial charge in [-0.2, -0.15) is 5.10 Å². The van der Waals surface area contributed by atoms with Crippen molar-refractivity contribution in [3.63, 3.8) is 0 Å². The predicted octanol–water partition coefficient (Wildman–Crippen LogP) is 1.85. The summed E-state index contributed by atoms with van der Waals surface area (Å²) in [6.07, 6.45) is 1.87. The molecule has 3 aromatic rings. The summed E-state index contributed by atoms with van der Waals surface area (Å²) >= 11 is 0. The maximum atomic E-state index is 5.85. The highest BCUT2D eigenvalue weighted by molar-refractivity contribution is 5.80. The van der Waals surface area contributed by atoms with Gasteiger partial charge in [-0.15, -0.1) is 0 Å². The fraction of sp³-hybridized carbons (Fsp3) is 0.421. The second kappa shape index (κ2) is 7.79. The molecular formula is C19H24N6O2. The van der Waals surface area contributed by atoms with Crippen molar-refractivity contribution >= 4 is 16.9 Å². The molecule has 1 unspecified atom stereocenters. The van der Waals surface area contributed by atoms with E-state index in [1.165, 1.54) is 0 Å². The fourth-order valence-electron chi connectivity index (χ4n) is 3.35. The Bertz CT molecular complexity index is 912. The monoisotopic (exact) mass is 368 g/mol. The average Bonchev–Trinajstić information content (AvgIpc) is 3.27. The Morgan fingerprint density at radius 1 is 1.41 bits per heavy atom. The number of guanidine groups is 1. The molecule has 2 aromatic heterocycles. The van der Waals surface area contributed by atoms with Crippen molar-refractivity contribution in [1.29, 1.82) is 0 Å². The number of fused-ring (bicyclic) bond motifs is 2. The first-order valence-corrected chi connectivity index (χ1v) is 9.11. The van der Waals surface area contributed by atoms with Gasteiger partial charge in [0.1, 0.15) is 23.8 Å². The topological polar surface area (TPSA) is 89.5 Å². The molecule has 27 heavy (non-hydrogen) atoms. The minimum absolute atomic E-state index is 0.247. The number of rotatable bonds is 5. The van der Waals surface area contributed by atoms with E-state index in [2.05, 4.69) is 31.8 Å². The lowest BCUT2D eigenvalue weighted by molar-refractivity contribution is 0.177. The molecule has 1 atom stereocenters. The number of ether oxygens (including phenoxy) is 1. The number of aryl methyl sites for hydroxylation is 1. The molecule has 0 amide bonds. The molecule has 0 radical (unpaired) electrons. The smallest absolute Gasteiger partial charge is 0.191 e. The number of hydrogen-bond acceptors (Lipinski definition) is 5. The van der Waals surface area contributed by atoms with Gasteiger partial charge in [0, 0.05) is 32.0 Å². The normalized spacial score (nSPS) is 17.1. The van der Waals surface area contributed by atoms with Crippen molar-refractivity contribution in [2.75, 3.05) is 14.2 Å². The largest absolute Gasteiger partial charge is 0.459 e. The Labute approximate surface area is 157 Å². The van der Waals surface area contributed by atoms with Gasteiger partial charge in [-0.25, -0.2) is 9.67 Å². The molecule has 1 aromatic carbocycles. The molecule has 4 rings (SSSR count). The number of aromatic nitrogens is 3. The van der Waals surface area contributed by atoms with Crippen LogP contribution in [0.5, 0.6) is 0 Å². The number of aliphatic imine (C=N–C) groups is 1. The van der Waals surface area contributed by atoms with Gasteiger partial charge in [-0.3, -0.25) is 4.99 Å². The molecule has 0 spiro atoms. The number of methoxy groups -OCH3 is 1. The van der Waals surface area contributed by atoms with Crippen LogP contribution in [-0.4, -0.2) is 40.9 Å². The minimum atomic E-state index is 0.247. The van der Waals surface area contributed by atoms with Gasteiger partial charge in [0.25, 0.3) is 0 Å². The lowest BCUT2D eigenvalue weighted by Crippen LogP contribution is -2.46. The number of nitrogens with one attached hydrogen (secondary N) is 2. The van der Waals surface area contributed by atoms with E-state index in [4.69, 9.17) is 9.15 Å². The third-order valence-corrected chi connectivity index (χ3v) is 4.65. The van der Waals surface area contributed by atoms with Gasteiger partial charge in [-0.1, -0.05) is 18.2 Å². The van der Waals surface area contributed by atoms with Gasteiger partial charge >= 0.3 is 0 Å². The first-order valence-electron chi connectivity index (χ1n) is 9.11. The van der Waals surface area contributed by atoms with Crippen molar-refractivity contribution in [2.24, 2.45) is 4.99 Å². The van der Waals surface area contributed by atoms with E-state index < -0.39 is 0 Å². The summed E-state index contributed by atoms with van der Waals surface area (Å²) in [4.78, 5) is 8.84. The zero-order chi connectivity index (χ0) is 18.6. The number of hydrogen-bond donors (Lipinski definition) is 2. The Balaban J connectivity index is 1.34. The van der Waals surface area contributed by atoms with Crippen molar-refractivity contribution < 1.29 is 9.15 Å². The van der Waals surface area contributed by atoms with Crippen LogP contribution in [0.25, 0.3) is 11.0 Å². The second-order valence-electron chi connectivity index (χ2n) is 6.62. The third kappa shape index (κ3) is 3.95. The summed E-state index contributed by atoms with van der Waals surface area (Å²) < 4.78 is 12.9. The van der Waals surface area contributed by atoms with Crippen LogP contribution in [-0.2, 0) is 30.9 Å². The van der Waals surface area contributed by atoms with Crippen molar-refractivity contribution in [1.82, 2.24) is 25.4 Å². The summed E-state index contributed by atoms with van der Waals surface area (Å²) in [6.45, 7) is 1.78. The van der Waals surface area contributed by atoms with Gasteiger partial charge in [0.2, 0.25) is 0 Å². The molecule has 8 heteroatoms. The molecule has 1 aliphatic heterocycles. The molecule has 142 valence electrons. The molecule has 3 heterocycles. The lowest BCUT2D eigenvalue weighted by Gasteiger charge is -2.25. The molecule has 0 aliphatic carbocycles. The van der Waals surface area contributed by atoms with Crippen LogP contribution in [0.4, 0.5) is 0 Å². The molecule has 0 saturated heterocycles. The van der Waals surface area contributed by atoms with Gasteiger partial charge in [-0.05, 0) is 18.6 Å². The Morgan fingerprint density at radius 3 is 3.11 bits per heavy atom. The molecule has 0 saturated carbocycles. The molecule has 0 fully saturated rings. The van der Waals surface area contributed by atoms with Gasteiger partial charge in [0.15, 0.2) is 11.8 Å². The first-order chi connectivity index (χ1) is 13.2. The quantitative estimate of drug-likeness (QED) is 0.528. The van der Waals surface area contributed by atoms with E-state index in [0.717, 1.165) is 53.7 Å². The van der Waals surface area contributed by atoms with E-state index in [0.29, 0.717) is 13.2 Å². The van der Waals surface area contributed by atoms with E-state index in [1.807, 2.05) is 28.9 Å².